The molecule has 62 heavy (non-hydrogen) atoms. The molecule has 1 spiro atoms. The fourth-order valence-corrected chi connectivity index (χ4v) is 9.91. The minimum Gasteiger partial charge on any atom is -0.400 e. The van der Waals surface area contributed by atoms with Gasteiger partial charge in [-0.2, -0.15) is 0 Å². The van der Waals surface area contributed by atoms with E-state index in [1.165, 1.54) is 90.7 Å². The van der Waals surface area contributed by atoms with Gasteiger partial charge in [0.15, 0.2) is 0 Å². The highest BCUT2D eigenvalue weighted by molar-refractivity contribution is 5.98. The standard InChI is InChI=1S/C51H38.C6H7N.CH4O.H4N2/c1-34-14-5-6-17-38-18-7-10-27-47(38)51(34)48-33-41(30-31-46(48)49-44-24-9-8-23-42(44)43-25-13-26-45(43)50(49)51)40-22-12-21-39(32-40)37-20-11-19-36(28-29-37)35-15-3-2-4-16-35;7-6-4-2-1-3-5-6;2*1-2/h2-7,10-12,14-22,25-33,37H,1,8-9,23-24H2;1-5H,7H2;2H,1H3;1-2H2/b14-5-,17-6-;;;. The SMILES string of the molecule is C=C1/C=C\C=C/c2ccccc2C12c1cc(-c3cccc(C4C=CC=C(c5ccccc5)C=C4)c3)ccc1-c1c3c(c4c(c12)C=C=C4)CCCC3.CO.NN.Nc1ccccc1. The molecule has 4 nitrogen and oxygen atoms in total. The molecular formula is C58H53N3O. The molecule has 5 aliphatic carbocycles. The number of anilines is 1. The van der Waals surface area contributed by atoms with Gasteiger partial charge in [-0.1, -0.05) is 170 Å². The van der Waals surface area contributed by atoms with Crippen molar-refractivity contribution in [3.63, 3.8) is 0 Å². The van der Waals surface area contributed by atoms with Gasteiger partial charge in [-0.15, -0.1) is 5.73 Å². The molecule has 5 aliphatic rings. The summed E-state index contributed by atoms with van der Waals surface area (Å²) in [5, 5.41) is 7.00. The zero-order chi connectivity index (χ0) is 43.1. The van der Waals surface area contributed by atoms with E-state index >= 15 is 0 Å². The summed E-state index contributed by atoms with van der Waals surface area (Å²) >= 11 is 0. The van der Waals surface area contributed by atoms with Crippen LogP contribution in [0.15, 0.2) is 194 Å². The van der Waals surface area contributed by atoms with E-state index in [0.29, 0.717) is 0 Å². The zero-order valence-corrected chi connectivity index (χ0v) is 35.3. The van der Waals surface area contributed by atoms with Gasteiger partial charge in [0.1, 0.15) is 0 Å². The van der Waals surface area contributed by atoms with Gasteiger partial charge in [-0.25, -0.2) is 0 Å². The van der Waals surface area contributed by atoms with Crippen LogP contribution in [0, 0.1) is 0 Å². The highest BCUT2D eigenvalue weighted by Gasteiger charge is 2.50. The number of nitrogen functional groups attached to an aromatic ring is 1. The molecule has 0 saturated carbocycles. The second kappa shape index (κ2) is 18.7. The molecule has 6 aromatic carbocycles. The lowest BCUT2D eigenvalue weighted by atomic mass is 9.63. The predicted molar refractivity (Wildman–Crippen MR) is 263 cm³/mol. The lowest BCUT2D eigenvalue weighted by Crippen LogP contribution is -2.31. The van der Waals surface area contributed by atoms with Gasteiger partial charge in [-0.3, -0.25) is 11.7 Å². The van der Waals surface area contributed by atoms with Crippen LogP contribution < -0.4 is 17.4 Å². The van der Waals surface area contributed by atoms with Gasteiger partial charge in [-0.05, 0) is 145 Å². The molecule has 6 aromatic rings. The first-order chi connectivity index (χ1) is 30.6. The number of para-hydroxylation sites is 1. The highest BCUT2D eigenvalue weighted by atomic mass is 16.2. The van der Waals surface area contributed by atoms with E-state index in [4.69, 9.17) is 17.4 Å². The van der Waals surface area contributed by atoms with E-state index in [1.807, 2.05) is 30.3 Å². The van der Waals surface area contributed by atoms with E-state index < -0.39 is 5.41 Å². The summed E-state index contributed by atoms with van der Waals surface area (Å²) in [6, 6.07) is 45.5. The van der Waals surface area contributed by atoms with Crippen LogP contribution in [0.2, 0.25) is 0 Å². The third kappa shape index (κ3) is 7.51. The smallest absolute Gasteiger partial charge is 0.0720 e. The van der Waals surface area contributed by atoms with E-state index in [2.05, 4.69) is 181 Å². The molecule has 0 bridgehead atoms. The molecule has 2 unspecified atom stereocenters. The number of hydrogen-bond donors (Lipinski definition) is 4. The Morgan fingerprint density at radius 1 is 0.629 bits per heavy atom. The van der Waals surface area contributed by atoms with Crippen molar-refractivity contribution in [1.29, 1.82) is 0 Å². The zero-order valence-electron chi connectivity index (χ0n) is 35.3. The van der Waals surface area contributed by atoms with Gasteiger partial charge in [0.05, 0.1) is 5.41 Å². The highest BCUT2D eigenvalue weighted by Crippen LogP contribution is 2.62. The van der Waals surface area contributed by atoms with Crippen molar-refractivity contribution in [3.8, 4) is 22.3 Å². The van der Waals surface area contributed by atoms with Crippen molar-refractivity contribution in [3.05, 3.63) is 250 Å². The van der Waals surface area contributed by atoms with E-state index in [-0.39, 0.29) is 5.92 Å². The van der Waals surface area contributed by atoms with Crippen LogP contribution in [0.4, 0.5) is 5.69 Å². The molecule has 2 atom stereocenters. The summed E-state index contributed by atoms with van der Waals surface area (Å²) in [4.78, 5) is 0. The van der Waals surface area contributed by atoms with Crippen LogP contribution in [0.5, 0.6) is 0 Å². The Morgan fingerprint density at radius 2 is 1.31 bits per heavy atom. The molecule has 0 heterocycles. The Hall–Kier alpha value is -7.04. The van der Waals surface area contributed by atoms with Crippen LogP contribution in [-0.4, -0.2) is 12.2 Å². The normalized spacial score (nSPS) is 18.9. The average molecular weight is 808 g/mol. The maximum atomic E-state index is 7.00. The molecular weight excluding hydrogens is 755 g/mol. The first-order valence-electron chi connectivity index (χ1n) is 21.4. The fraction of sp³-hybridized carbons (Fsp3) is 0.121. The average Bonchev–Trinajstić information content (AvgIpc) is 3.85. The Labute approximate surface area is 366 Å². The van der Waals surface area contributed by atoms with Gasteiger partial charge in [0, 0.05) is 18.7 Å². The van der Waals surface area contributed by atoms with Crippen molar-refractivity contribution < 1.29 is 5.11 Å². The quantitative estimate of drug-likeness (QED) is 0.0618. The topological polar surface area (TPSA) is 98.3 Å². The minimum atomic E-state index is -0.532. The van der Waals surface area contributed by atoms with Crippen molar-refractivity contribution >= 4 is 29.5 Å². The Balaban J connectivity index is 0.000000430. The van der Waals surface area contributed by atoms with Crippen LogP contribution in [0.25, 0.3) is 46.1 Å². The number of hydrogen-bond acceptors (Lipinski definition) is 4. The summed E-state index contributed by atoms with van der Waals surface area (Å²) in [5.41, 5.74) is 30.4. The molecule has 0 amide bonds. The summed E-state index contributed by atoms with van der Waals surface area (Å²) < 4.78 is 0. The third-order valence-corrected chi connectivity index (χ3v) is 12.5. The maximum absolute atomic E-state index is 7.00. The molecule has 4 heteroatoms. The van der Waals surface area contributed by atoms with Crippen LogP contribution >= 0.6 is 0 Å². The van der Waals surface area contributed by atoms with Gasteiger partial charge >= 0.3 is 0 Å². The molecule has 306 valence electrons. The molecule has 0 aliphatic heterocycles. The number of fused-ring (bicyclic) bond motifs is 12. The third-order valence-electron chi connectivity index (χ3n) is 12.5. The Bertz CT molecular complexity index is 2850. The minimum absolute atomic E-state index is 0.190. The van der Waals surface area contributed by atoms with Gasteiger partial charge < -0.3 is 10.8 Å². The first kappa shape index (κ1) is 41.7. The fourth-order valence-electron chi connectivity index (χ4n) is 9.91. The summed E-state index contributed by atoms with van der Waals surface area (Å²) in [6.45, 7) is 4.91. The Kier molecular flexibility index (Phi) is 12.6. The summed E-state index contributed by atoms with van der Waals surface area (Å²) in [6.07, 6.45) is 29.4. The molecule has 0 saturated heterocycles. The van der Waals surface area contributed by atoms with Crippen molar-refractivity contribution in [2.24, 2.45) is 11.7 Å². The predicted octanol–water partition coefficient (Wildman–Crippen LogP) is 12.3. The van der Waals surface area contributed by atoms with Crippen LogP contribution in [0.3, 0.4) is 0 Å². The number of hydrazine groups is 1. The monoisotopic (exact) mass is 807 g/mol. The second-order valence-corrected chi connectivity index (χ2v) is 15.8. The number of nitrogens with two attached hydrogens (primary N) is 3. The molecule has 0 radical (unpaired) electrons. The van der Waals surface area contributed by atoms with Gasteiger partial charge in [0.25, 0.3) is 0 Å². The summed E-state index contributed by atoms with van der Waals surface area (Å²) in [5.74, 6) is 8.19. The molecule has 11 rings (SSSR count). The van der Waals surface area contributed by atoms with Crippen LogP contribution in [-0.2, 0) is 18.3 Å². The van der Waals surface area contributed by atoms with Crippen molar-refractivity contribution in [2.75, 3.05) is 12.8 Å². The second-order valence-electron chi connectivity index (χ2n) is 15.8. The number of aliphatic hydroxyl groups excluding tert-OH is 1. The van der Waals surface area contributed by atoms with E-state index in [0.717, 1.165) is 31.2 Å². The maximum Gasteiger partial charge on any atom is 0.0720 e. The number of allylic oxidation sites excluding steroid dienone is 10. The van der Waals surface area contributed by atoms with Crippen molar-refractivity contribution in [2.45, 2.75) is 37.0 Å². The van der Waals surface area contributed by atoms with E-state index in [1.54, 1.807) is 5.56 Å². The van der Waals surface area contributed by atoms with Crippen molar-refractivity contribution in [1.82, 2.24) is 0 Å². The first-order valence-corrected chi connectivity index (χ1v) is 21.4. The molecule has 0 aromatic heterocycles. The van der Waals surface area contributed by atoms with Crippen LogP contribution in [0.1, 0.15) is 74.4 Å². The summed E-state index contributed by atoms with van der Waals surface area (Å²) in [7, 11) is 1.00. The molecule has 7 N–H and O–H groups in total. The Morgan fingerprint density at radius 3 is 2.08 bits per heavy atom. The lowest BCUT2D eigenvalue weighted by Gasteiger charge is -2.38. The number of aliphatic hydroxyl groups is 1. The largest absolute Gasteiger partial charge is 0.400 e. The lowest BCUT2D eigenvalue weighted by molar-refractivity contribution is 0.399. The number of rotatable bonds is 3. The number of benzene rings is 6. The van der Waals surface area contributed by atoms with E-state index in [9.17, 15) is 0 Å². The molecule has 0 fully saturated rings. The van der Waals surface area contributed by atoms with Gasteiger partial charge in [0.2, 0.25) is 0 Å².